The molecule has 1 fully saturated rings. The third kappa shape index (κ3) is 8.14. The molecule has 3 aromatic rings. The maximum atomic E-state index is 12.0. The summed E-state index contributed by atoms with van der Waals surface area (Å²) in [6.07, 6.45) is -0.846. The molecule has 1 heterocycles. The van der Waals surface area contributed by atoms with Crippen molar-refractivity contribution in [2.75, 3.05) is 11.1 Å². The number of nitrogens with one attached hydrogen (secondary N) is 1. The fraction of sp³-hybridized carbons (Fsp3) is 0.276. The van der Waals surface area contributed by atoms with Gasteiger partial charge in [0.05, 0.1) is 30.8 Å². The van der Waals surface area contributed by atoms with E-state index in [0.29, 0.717) is 17.9 Å². The third-order valence-corrected chi connectivity index (χ3v) is 7.33. The lowest BCUT2D eigenvalue weighted by molar-refractivity contribution is -0.245. The average molecular weight is 552 g/mol. The van der Waals surface area contributed by atoms with Gasteiger partial charge in [-0.25, -0.2) is 4.79 Å². The van der Waals surface area contributed by atoms with E-state index in [9.17, 15) is 19.5 Å². The maximum absolute atomic E-state index is 12.0. The first-order valence-corrected chi connectivity index (χ1v) is 13.4. The second kappa shape index (κ2) is 13.4. The van der Waals surface area contributed by atoms with Crippen LogP contribution in [0.15, 0.2) is 77.7 Å². The number of hydrogen-bond donors (Lipinski definition) is 4. The SMILES string of the molecule is O=C(O)CCC(=O)Nc1ccc(C2OC(CSc3ccc(C(=O)O)cc3)CC(c3ccc(CO)cc3)O2)cc1. The van der Waals surface area contributed by atoms with Crippen LogP contribution in [-0.4, -0.2) is 45.0 Å². The summed E-state index contributed by atoms with van der Waals surface area (Å²) in [5.41, 5.74) is 3.30. The summed E-state index contributed by atoms with van der Waals surface area (Å²) < 4.78 is 12.6. The number of aliphatic hydroxyl groups excluding tert-OH is 1. The van der Waals surface area contributed by atoms with Gasteiger partial charge < -0.3 is 30.1 Å². The zero-order valence-corrected chi connectivity index (χ0v) is 21.8. The Morgan fingerprint density at radius 1 is 0.846 bits per heavy atom. The molecule has 3 unspecified atom stereocenters. The zero-order chi connectivity index (χ0) is 27.8. The second-order valence-corrected chi connectivity index (χ2v) is 10.1. The molecule has 1 saturated heterocycles. The smallest absolute Gasteiger partial charge is 0.335 e. The number of carbonyl (C=O) groups excluding carboxylic acids is 1. The molecule has 10 heteroatoms. The van der Waals surface area contributed by atoms with Gasteiger partial charge in [0.25, 0.3) is 0 Å². The lowest BCUT2D eigenvalue weighted by Gasteiger charge is -2.36. The van der Waals surface area contributed by atoms with Crippen molar-refractivity contribution in [3.05, 3.63) is 95.1 Å². The number of aliphatic carboxylic acids is 1. The lowest BCUT2D eigenvalue weighted by atomic mass is 10.0. The van der Waals surface area contributed by atoms with Gasteiger partial charge in [-0.1, -0.05) is 36.4 Å². The topological polar surface area (TPSA) is 142 Å². The van der Waals surface area contributed by atoms with Crippen molar-refractivity contribution in [1.82, 2.24) is 0 Å². The van der Waals surface area contributed by atoms with E-state index in [1.165, 1.54) is 0 Å². The highest BCUT2D eigenvalue weighted by molar-refractivity contribution is 7.99. The Morgan fingerprint density at radius 3 is 2.13 bits per heavy atom. The molecule has 1 amide bonds. The normalized spacial score (nSPS) is 18.8. The molecule has 3 aromatic carbocycles. The molecule has 0 spiro atoms. The van der Waals surface area contributed by atoms with Crippen LogP contribution in [0.25, 0.3) is 0 Å². The van der Waals surface area contributed by atoms with Crippen LogP contribution in [0.5, 0.6) is 0 Å². The number of ether oxygens (including phenoxy) is 2. The second-order valence-electron chi connectivity index (χ2n) is 9.05. The summed E-state index contributed by atoms with van der Waals surface area (Å²) in [6, 6.07) is 21.3. The molecular weight excluding hydrogens is 522 g/mol. The number of thioether (sulfide) groups is 1. The van der Waals surface area contributed by atoms with Crippen LogP contribution in [0.4, 0.5) is 5.69 Å². The van der Waals surface area contributed by atoms with E-state index >= 15 is 0 Å². The van der Waals surface area contributed by atoms with Crippen molar-refractivity contribution >= 4 is 35.3 Å². The predicted molar refractivity (Wildman–Crippen MR) is 144 cm³/mol. The molecule has 39 heavy (non-hydrogen) atoms. The van der Waals surface area contributed by atoms with E-state index < -0.39 is 18.2 Å². The lowest BCUT2D eigenvalue weighted by Crippen LogP contribution is -2.31. The number of carboxylic acids is 2. The number of benzene rings is 3. The molecule has 3 atom stereocenters. The zero-order valence-electron chi connectivity index (χ0n) is 21.0. The molecule has 1 aliphatic rings. The number of amides is 1. The van der Waals surface area contributed by atoms with E-state index in [1.807, 2.05) is 24.3 Å². The summed E-state index contributed by atoms with van der Waals surface area (Å²) in [7, 11) is 0. The standard InChI is InChI=1S/C29H29NO8S/c31-16-18-1-3-19(4-2-18)25-15-23(17-39-24-11-7-20(8-12-24)28(35)36)37-29(38-25)21-5-9-22(10-6-21)30-26(32)13-14-27(33)34/h1-12,23,25,29,31H,13-17H2,(H,30,32)(H,33,34)(H,35,36). The van der Waals surface area contributed by atoms with Gasteiger partial charge in [0.15, 0.2) is 6.29 Å². The number of anilines is 1. The van der Waals surface area contributed by atoms with Gasteiger partial charge in [-0.3, -0.25) is 9.59 Å². The minimum atomic E-state index is -1.03. The van der Waals surface area contributed by atoms with Crippen molar-refractivity contribution in [3.63, 3.8) is 0 Å². The Bertz CT molecular complexity index is 1280. The highest BCUT2D eigenvalue weighted by Gasteiger charge is 2.32. The molecule has 4 N–H and O–H groups in total. The molecule has 4 rings (SSSR count). The number of hydrogen-bond acceptors (Lipinski definition) is 7. The molecule has 1 aliphatic heterocycles. The monoisotopic (exact) mass is 551 g/mol. The largest absolute Gasteiger partial charge is 0.481 e. The molecule has 9 nitrogen and oxygen atoms in total. The van der Waals surface area contributed by atoms with Crippen LogP contribution < -0.4 is 5.32 Å². The summed E-state index contributed by atoms with van der Waals surface area (Å²) in [5.74, 6) is -1.76. The number of aromatic carboxylic acids is 1. The maximum Gasteiger partial charge on any atom is 0.335 e. The van der Waals surface area contributed by atoms with Crippen molar-refractivity contribution in [2.24, 2.45) is 0 Å². The fourth-order valence-electron chi connectivity index (χ4n) is 4.07. The quantitative estimate of drug-likeness (QED) is 0.242. The van der Waals surface area contributed by atoms with Gasteiger partial charge >= 0.3 is 11.9 Å². The Labute approximate surface area is 229 Å². The van der Waals surface area contributed by atoms with E-state index in [2.05, 4.69) is 5.32 Å². The van der Waals surface area contributed by atoms with E-state index in [-0.39, 0.29) is 43.1 Å². The van der Waals surface area contributed by atoms with Gasteiger partial charge in [0.2, 0.25) is 5.91 Å². The fourth-order valence-corrected chi connectivity index (χ4v) is 4.99. The number of aliphatic hydroxyl groups is 1. The summed E-state index contributed by atoms with van der Waals surface area (Å²) in [5, 5.41) is 30.0. The Kier molecular flexibility index (Phi) is 9.72. The van der Waals surface area contributed by atoms with E-state index in [0.717, 1.165) is 21.6 Å². The van der Waals surface area contributed by atoms with Gasteiger partial charge in [-0.05, 0) is 47.5 Å². The van der Waals surface area contributed by atoms with Crippen molar-refractivity contribution < 1.29 is 39.2 Å². The molecule has 0 aliphatic carbocycles. The number of carboxylic acid groups (broad SMARTS) is 2. The Hall–Kier alpha value is -3.70. The number of rotatable bonds is 11. The molecule has 0 saturated carbocycles. The first-order valence-electron chi connectivity index (χ1n) is 12.4. The van der Waals surface area contributed by atoms with Gasteiger partial charge in [-0.15, -0.1) is 11.8 Å². The van der Waals surface area contributed by atoms with Gasteiger partial charge in [0, 0.05) is 34.7 Å². The van der Waals surface area contributed by atoms with E-state index in [4.69, 9.17) is 19.7 Å². The van der Waals surface area contributed by atoms with Gasteiger partial charge in [-0.2, -0.15) is 0 Å². The minimum absolute atomic E-state index is 0.0450. The van der Waals surface area contributed by atoms with Crippen LogP contribution in [0.1, 0.15) is 58.7 Å². The van der Waals surface area contributed by atoms with Crippen LogP contribution >= 0.6 is 11.8 Å². The molecule has 204 valence electrons. The minimum Gasteiger partial charge on any atom is -0.481 e. The average Bonchev–Trinajstić information content (AvgIpc) is 2.95. The third-order valence-electron chi connectivity index (χ3n) is 6.18. The number of carbonyl (C=O) groups is 3. The molecule has 0 radical (unpaired) electrons. The van der Waals surface area contributed by atoms with Crippen molar-refractivity contribution in [1.29, 1.82) is 0 Å². The molecule has 0 aromatic heterocycles. The van der Waals surface area contributed by atoms with Crippen molar-refractivity contribution in [3.8, 4) is 0 Å². The van der Waals surface area contributed by atoms with Crippen LogP contribution in [0.3, 0.4) is 0 Å². The first kappa shape index (κ1) is 28.3. The van der Waals surface area contributed by atoms with Crippen LogP contribution in [0.2, 0.25) is 0 Å². The van der Waals surface area contributed by atoms with Gasteiger partial charge in [0.1, 0.15) is 0 Å². The highest BCUT2D eigenvalue weighted by atomic mass is 32.2. The summed E-state index contributed by atoms with van der Waals surface area (Å²) >= 11 is 1.57. The predicted octanol–water partition coefficient (Wildman–Crippen LogP) is 5.02. The molecular formula is C29H29NO8S. The summed E-state index contributed by atoms with van der Waals surface area (Å²) in [6.45, 7) is -0.0450. The highest BCUT2D eigenvalue weighted by Crippen LogP contribution is 2.39. The summed E-state index contributed by atoms with van der Waals surface area (Å²) in [4.78, 5) is 34.7. The first-order chi connectivity index (χ1) is 18.8. The van der Waals surface area contributed by atoms with Crippen LogP contribution in [-0.2, 0) is 25.7 Å². The van der Waals surface area contributed by atoms with Crippen LogP contribution in [0, 0.1) is 0 Å². The molecule has 0 bridgehead atoms. The van der Waals surface area contributed by atoms with Crippen molar-refractivity contribution in [2.45, 2.75) is 49.3 Å². The Morgan fingerprint density at radius 2 is 1.51 bits per heavy atom. The Balaban J connectivity index is 1.46. The van der Waals surface area contributed by atoms with E-state index in [1.54, 1.807) is 60.3 Å².